The Balaban J connectivity index is 1.61. The van der Waals surface area contributed by atoms with E-state index in [4.69, 9.17) is 4.42 Å². The molecule has 0 fully saturated rings. The molecule has 2 aromatic rings. The number of aryl methyl sites for hydroxylation is 1. The van der Waals surface area contributed by atoms with E-state index in [9.17, 15) is 13.2 Å². The van der Waals surface area contributed by atoms with Gasteiger partial charge in [-0.1, -0.05) is 24.3 Å². The quantitative estimate of drug-likeness (QED) is 0.938. The number of furan rings is 1. The fourth-order valence-corrected chi connectivity index (χ4v) is 4.05. The minimum absolute atomic E-state index is 0.0179. The largest absolute Gasteiger partial charge is 0.459 e. The van der Waals surface area contributed by atoms with Crippen molar-refractivity contribution < 1.29 is 17.6 Å². The van der Waals surface area contributed by atoms with E-state index < -0.39 is 9.84 Å². The van der Waals surface area contributed by atoms with Gasteiger partial charge < -0.3 is 9.73 Å². The number of allylic oxidation sites excluding steroid dienone is 1. The summed E-state index contributed by atoms with van der Waals surface area (Å²) >= 11 is 0. The summed E-state index contributed by atoms with van der Waals surface area (Å²) in [5, 5.41) is 5.02. The van der Waals surface area contributed by atoms with E-state index in [1.165, 1.54) is 5.41 Å². The van der Waals surface area contributed by atoms with Gasteiger partial charge in [0.25, 0.3) is 0 Å². The second-order valence-corrected chi connectivity index (χ2v) is 7.48. The van der Waals surface area contributed by atoms with Gasteiger partial charge in [0.05, 0.1) is 12.3 Å². The van der Waals surface area contributed by atoms with Crippen LogP contribution in [0, 0.1) is 12.8 Å². The van der Waals surface area contributed by atoms with Gasteiger partial charge in [0.1, 0.15) is 11.3 Å². The SMILES string of the molecule is Cc1c(CNC(=O)C[C@@H]2C=CS(=O)(=O)C2)oc2ccccc12. The van der Waals surface area contributed by atoms with Crippen molar-refractivity contribution in [3.63, 3.8) is 0 Å². The molecular weight excluding hydrogens is 302 g/mol. The monoisotopic (exact) mass is 319 g/mol. The number of carbonyl (C=O) groups is 1. The van der Waals surface area contributed by atoms with Crippen LogP contribution in [0.25, 0.3) is 11.0 Å². The first-order chi connectivity index (χ1) is 10.4. The van der Waals surface area contributed by atoms with E-state index in [1.54, 1.807) is 6.08 Å². The van der Waals surface area contributed by atoms with Crippen molar-refractivity contribution in [2.45, 2.75) is 19.9 Å². The average Bonchev–Trinajstić information content (AvgIpc) is 2.97. The van der Waals surface area contributed by atoms with Gasteiger partial charge in [0.2, 0.25) is 5.91 Å². The standard InChI is InChI=1S/C16H17NO4S/c1-11-13-4-2-3-5-14(13)21-15(11)9-17-16(18)8-12-6-7-22(19,20)10-12/h2-7,12H,8-10H2,1H3,(H,17,18)/t12-/m0/s1. The van der Waals surface area contributed by atoms with Crippen LogP contribution in [0.3, 0.4) is 0 Å². The number of benzene rings is 1. The first-order valence-electron chi connectivity index (χ1n) is 7.09. The molecule has 0 aliphatic carbocycles. The molecule has 0 unspecified atom stereocenters. The molecule has 1 aliphatic rings. The molecule has 0 bridgehead atoms. The molecule has 3 rings (SSSR count). The highest BCUT2D eigenvalue weighted by atomic mass is 32.2. The topological polar surface area (TPSA) is 76.4 Å². The Kier molecular flexibility index (Phi) is 3.78. The third-order valence-corrected chi connectivity index (χ3v) is 5.31. The molecule has 1 aromatic heterocycles. The second kappa shape index (κ2) is 5.61. The summed E-state index contributed by atoms with van der Waals surface area (Å²) in [5.74, 6) is 0.335. The Labute approximate surface area is 128 Å². The minimum Gasteiger partial charge on any atom is -0.459 e. The molecule has 0 saturated heterocycles. The predicted molar refractivity (Wildman–Crippen MR) is 83.8 cm³/mol. The smallest absolute Gasteiger partial charge is 0.220 e. The first kappa shape index (κ1) is 14.8. The molecule has 1 atom stereocenters. The van der Waals surface area contributed by atoms with E-state index in [2.05, 4.69) is 5.32 Å². The van der Waals surface area contributed by atoms with Crippen LogP contribution in [-0.4, -0.2) is 20.1 Å². The van der Waals surface area contributed by atoms with E-state index in [0.29, 0.717) is 6.54 Å². The molecule has 116 valence electrons. The number of amides is 1. The zero-order valence-electron chi connectivity index (χ0n) is 12.2. The molecule has 0 saturated carbocycles. The number of para-hydroxylation sites is 1. The Hall–Kier alpha value is -2.08. The normalized spacial score (nSPS) is 19.6. The highest BCUT2D eigenvalue weighted by Gasteiger charge is 2.23. The summed E-state index contributed by atoms with van der Waals surface area (Å²) in [6.07, 6.45) is 1.76. The van der Waals surface area contributed by atoms with Crippen molar-refractivity contribution in [2.75, 3.05) is 5.75 Å². The molecule has 0 spiro atoms. The zero-order chi connectivity index (χ0) is 15.7. The molecule has 6 heteroatoms. The lowest BCUT2D eigenvalue weighted by Crippen LogP contribution is -2.25. The van der Waals surface area contributed by atoms with Gasteiger partial charge in [-0.15, -0.1) is 0 Å². The van der Waals surface area contributed by atoms with Crippen LogP contribution in [0.4, 0.5) is 0 Å². The molecule has 1 amide bonds. The number of sulfone groups is 1. The number of hydrogen-bond acceptors (Lipinski definition) is 4. The summed E-state index contributed by atoms with van der Waals surface area (Å²) in [6.45, 7) is 2.27. The highest BCUT2D eigenvalue weighted by molar-refractivity contribution is 7.94. The maximum atomic E-state index is 11.9. The molecule has 0 radical (unpaired) electrons. The first-order valence-corrected chi connectivity index (χ1v) is 8.81. The van der Waals surface area contributed by atoms with Crippen molar-refractivity contribution in [1.82, 2.24) is 5.32 Å². The molecule has 22 heavy (non-hydrogen) atoms. The van der Waals surface area contributed by atoms with Crippen LogP contribution >= 0.6 is 0 Å². The second-order valence-electron chi connectivity index (χ2n) is 5.55. The Bertz CT molecular complexity index is 848. The van der Waals surface area contributed by atoms with E-state index >= 15 is 0 Å². The maximum Gasteiger partial charge on any atom is 0.220 e. The summed E-state index contributed by atoms with van der Waals surface area (Å²) < 4.78 is 28.4. The van der Waals surface area contributed by atoms with Gasteiger partial charge in [0, 0.05) is 28.7 Å². The van der Waals surface area contributed by atoms with Gasteiger partial charge in [-0.3, -0.25) is 4.79 Å². The van der Waals surface area contributed by atoms with Crippen LogP contribution in [0.5, 0.6) is 0 Å². The summed E-state index contributed by atoms with van der Waals surface area (Å²) in [5.41, 5.74) is 1.81. The lowest BCUT2D eigenvalue weighted by molar-refractivity contribution is -0.121. The number of hydrogen-bond donors (Lipinski definition) is 1. The van der Waals surface area contributed by atoms with Crippen molar-refractivity contribution in [3.8, 4) is 0 Å². The highest BCUT2D eigenvalue weighted by Crippen LogP contribution is 2.25. The Morgan fingerprint density at radius 3 is 2.82 bits per heavy atom. The van der Waals surface area contributed by atoms with Gasteiger partial charge in [0.15, 0.2) is 9.84 Å². The zero-order valence-corrected chi connectivity index (χ0v) is 13.0. The number of rotatable bonds is 4. The van der Waals surface area contributed by atoms with E-state index in [0.717, 1.165) is 22.3 Å². The van der Waals surface area contributed by atoms with Crippen molar-refractivity contribution in [3.05, 3.63) is 47.1 Å². The third kappa shape index (κ3) is 3.06. The van der Waals surface area contributed by atoms with Gasteiger partial charge in [-0.05, 0) is 13.0 Å². The van der Waals surface area contributed by atoms with Gasteiger partial charge >= 0.3 is 0 Å². The van der Waals surface area contributed by atoms with Crippen LogP contribution < -0.4 is 5.32 Å². The Morgan fingerprint density at radius 1 is 1.36 bits per heavy atom. The summed E-state index contributed by atoms with van der Waals surface area (Å²) in [7, 11) is -3.11. The summed E-state index contributed by atoms with van der Waals surface area (Å²) in [6, 6.07) is 7.72. The fourth-order valence-electron chi connectivity index (χ4n) is 2.65. The predicted octanol–water partition coefficient (Wildman–Crippen LogP) is 2.31. The van der Waals surface area contributed by atoms with Crippen molar-refractivity contribution in [1.29, 1.82) is 0 Å². The molecule has 2 heterocycles. The Morgan fingerprint density at radius 2 is 2.14 bits per heavy atom. The molecular formula is C16H17NO4S. The maximum absolute atomic E-state index is 11.9. The van der Waals surface area contributed by atoms with Crippen molar-refractivity contribution in [2.24, 2.45) is 5.92 Å². The number of nitrogens with one attached hydrogen (secondary N) is 1. The van der Waals surface area contributed by atoms with Gasteiger partial charge in [-0.2, -0.15) is 0 Å². The van der Waals surface area contributed by atoms with Crippen LogP contribution in [0.2, 0.25) is 0 Å². The van der Waals surface area contributed by atoms with Crippen LogP contribution in [0.15, 0.2) is 40.2 Å². The number of carbonyl (C=O) groups excluding carboxylic acids is 1. The molecule has 5 nitrogen and oxygen atoms in total. The molecule has 1 aromatic carbocycles. The third-order valence-electron chi connectivity index (χ3n) is 3.84. The average molecular weight is 319 g/mol. The lowest BCUT2D eigenvalue weighted by atomic mass is 10.1. The van der Waals surface area contributed by atoms with Crippen molar-refractivity contribution >= 4 is 26.7 Å². The van der Waals surface area contributed by atoms with Crippen LogP contribution in [-0.2, 0) is 21.2 Å². The van der Waals surface area contributed by atoms with E-state index in [1.807, 2.05) is 31.2 Å². The van der Waals surface area contributed by atoms with E-state index in [-0.39, 0.29) is 24.0 Å². The minimum atomic E-state index is -3.11. The fraction of sp³-hybridized carbons (Fsp3) is 0.312. The summed E-state index contributed by atoms with van der Waals surface area (Å²) in [4.78, 5) is 11.9. The lowest BCUT2D eigenvalue weighted by Gasteiger charge is -2.07. The molecule has 1 aliphatic heterocycles. The molecule has 1 N–H and O–H groups in total. The van der Waals surface area contributed by atoms with Crippen LogP contribution in [0.1, 0.15) is 17.7 Å². The van der Waals surface area contributed by atoms with Gasteiger partial charge in [-0.25, -0.2) is 8.42 Å². The number of fused-ring (bicyclic) bond motifs is 1.